The van der Waals surface area contributed by atoms with Crippen LogP contribution in [0.25, 0.3) is 0 Å². The molecule has 3 aromatic rings. The number of aromatic amines is 1. The predicted molar refractivity (Wildman–Crippen MR) is 153 cm³/mol. The first kappa shape index (κ1) is 29.1. The molecule has 1 amide bonds. The highest BCUT2D eigenvalue weighted by Gasteiger charge is 2.61. The molecular weight excluding hydrogens is 598 g/mol. The summed E-state index contributed by atoms with van der Waals surface area (Å²) in [7, 11) is 2.77. The quantitative estimate of drug-likeness (QED) is 0.286. The molecule has 3 atom stereocenters. The number of fused-ring (bicyclic) bond motifs is 2. The van der Waals surface area contributed by atoms with Crippen molar-refractivity contribution in [1.29, 1.82) is 0 Å². The Hall–Kier alpha value is -4.98. The summed E-state index contributed by atoms with van der Waals surface area (Å²) >= 11 is 6.56. The lowest BCUT2D eigenvalue weighted by Gasteiger charge is -2.38. The summed E-state index contributed by atoms with van der Waals surface area (Å²) < 4.78 is 28.0. The molecule has 2 aromatic carbocycles. The van der Waals surface area contributed by atoms with Crippen molar-refractivity contribution in [2.45, 2.75) is 37.8 Å². The van der Waals surface area contributed by atoms with Gasteiger partial charge >= 0.3 is 0 Å². The van der Waals surface area contributed by atoms with E-state index in [-0.39, 0.29) is 65.5 Å². The van der Waals surface area contributed by atoms with Crippen molar-refractivity contribution in [3.8, 4) is 28.7 Å². The molecule has 1 aliphatic carbocycles. The lowest BCUT2D eigenvalue weighted by atomic mass is 9.69. The number of aromatic nitrogens is 3. The molecule has 14 nitrogen and oxygen atoms in total. The molecule has 0 saturated carbocycles. The number of anilines is 1. The Bertz CT molecular complexity index is 1740. The van der Waals surface area contributed by atoms with Crippen LogP contribution in [0.4, 0.5) is 5.95 Å². The van der Waals surface area contributed by atoms with Crippen LogP contribution in [-0.4, -0.2) is 64.4 Å². The summed E-state index contributed by atoms with van der Waals surface area (Å²) in [5.74, 6) is -2.51. The van der Waals surface area contributed by atoms with Crippen LogP contribution >= 0.6 is 11.6 Å². The number of ether oxygens (including phenoxy) is 5. The van der Waals surface area contributed by atoms with Crippen molar-refractivity contribution in [3.63, 3.8) is 0 Å². The maximum Gasteiger partial charge on any atom is 0.239 e. The molecule has 1 aromatic heterocycles. The first-order chi connectivity index (χ1) is 21.1. The molecule has 6 rings (SSSR count). The van der Waals surface area contributed by atoms with Gasteiger partial charge in [0, 0.05) is 36.3 Å². The van der Waals surface area contributed by atoms with Gasteiger partial charge in [0.2, 0.25) is 30.0 Å². The second-order valence-corrected chi connectivity index (χ2v) is 10.9. The smallest absolute Gasteiger partial charge is 0.239 e. The van der Waals surface area contributed by atoms with Gasteiger partial charge in [-0.05, 0) is 17.7 Å². The highest BCUT2D eigenvalue weighted by atomic mass is 35.5. The molecule has 0 fully saturated rings. The summed E-state index contributed by atoms with van der Waals surface area (Å²) in [6, 6.07) is 6.39. The number of halogens is 1. The molecule has 44 heavy (non-hydrogen) atoms. The lowest BCUT2D eigenvalue weighted by Crippen LogP contribution is -2.53. The number of aliphatic hydroxyl groups excluding tert-OH is 1. The highest BCUT2D eigenvalue weighted by Crippen LogP contribution is 2.56. The first-order valence-corrected chi connectivity index (χ1v) is 13.9. The molecule has 0 radical (unpaired) electrons. The van der Waals surface area contributed by atoms with Gasteiger partial charge in [0.1, 0.15) is 27.9 Å². The number of H-pyrrole nitrogens is 1. The molecule has 1 spiro atoms. The number of nitrogens with two attached hydrogens (primary N) is 1. The van der Waals surface area contributed by atoms with Crippen LogP contribution in [0.1, 0.15) is 47.4 Å². The van der Waals surface area contributed by atoms with Crippen LogP contribution in [0.3, 0.4) is 0 Å². The second kappa shape index (κ2) is 10.9. The molecule has 3 aliphatic rings. The Morgan fingerprint density at radius 3 is 2.68 bits per heavy atom. The van der Waals surface area contributed by atoms with Gasteiger partial charge in [0.05, 0.1) is 20.8 Å². The third kappa shape index (κ3) is 4.53. The first-order valence-electron chi connectivity index (χ1n) is 13.6. The maximum absolute atomic E-state index is 14.2. The number of benzene rings is 2. The minimum Gasteiger partial charge on any atom is -0.507 e. The van der Waals surface area contributed by atoms with Crippen LogP contribution in [0, 0.1) is 5.92 Å². The number of rotatable bonds is 8. The van der Waals surface area contributed by atoms with Gasteiger partial charge in [0.15, 0.2) is 28.8 Å². The fourth-order valence-corrected chi connectivity index (χ4v) is 6.15. The SMILES string of the molecule is COc1cc(OC)c2c(c1Cl)O[C@]1(C2=O)C(O)=C(C(CC(=O)NCc2nc(N)n[nH]2)c2ccc3c(c2)OCO3)C(=O)C[C@H]1C. The number of carbonyl (C=O) groups is 3. The number of hydrogen-bond acceptors (Lipinski definition) is 12. The zero-order valence-corrected chi connectivity index (χ0v) is 24.6. The van der Waals surface area contributed by atoms with Crippen molar-refractivity contribution < 1.29 is 43.2 Å². The highest BCUT2D eigenvalue weighted by molar-refractivity contribution is 6.35. The maximum atomic E-state index is 14.2. The van der Waals surface area contributed by atoms with E-state index in [9.17, 15) is 19.5 Å². The van der Waals surface area contributed by atoms with Gasteiger partial charge in [-0.15, -0.1) is 5.10 Å². The minimum atomic E-state index is -2.02. The normalized spacial score (nSPS) is 20.9. The number of aliphatic hydroxyl groups is 1. The van der Waals surface area contributed by atoms with Crippen molar-refractivity contribution in [2.24, 2.45) is 5.92 Å². The van der Waals surface area contributed by atoms with E-state index in [0.29, 0.717) is 22.9 Å². The Morgan fingerprint density at radius 1 is 1.23 bits per heavy atom. The number of amides is 1. The fourth-order valence-electron chi connectivity index (χ4n) is 5.88. The van der Waals surface area contributed by atoms with Gasteiger partial charge in [-0.1, -0.05) is 24.6 Å². The van der Waals surface area contributed by atoms with Crippen LogP contribution < -0.4 is 34.7 Å². The number of carbonyl (C=O) groups excluding carboxylic acids is 3. The number of nitrogens with zero attached hydrogens (tertiary/aromatic N) is 2. The Morgan fingerprint density at radius 2 is 1.98 bits per heavy atom. The molecule has 0 bridgehead atoms. The zero-order valence-electron chi connectivity index (χ0n) is 23.9. The molecule has 15 heteroatoms. The number of hydrogen-bond donors (Lipinski definition) is 4. The summed E-state index contributed by atoms with van der Waals surface area (Å²) in [5.41, 5.74) is 3.86. The van der Waals surface area contributed by atoms with Crippen LogP contribution in [0.5, 0.6) is 28.7 Å². The number of nitrogen functional groups attached to an aromatic ring is 1. The molecular formula is C29H28ClN5O9. The molecule has 5 N–H and O–H groups in total. The Kier molecular flexibility index (Phi) is 7.24. The van der Waals surface area contributed by atoms with Crippen molar-refractivity contribution >= 4 is 35.0 Å². The average molecular weight is 626 g/mol. The third-order valence-corrected chi connectivity index (χ3v) is 8.41. The van der Waals surface area contributed by atoms with Crippen molar-refractivity contribution in [3.05, 3.63) is 57.6 Å². The van der Waals surface area contributed by atoms with E-state index in [1.165, 1.54) is 20.3 Å². The molecule has 3 heterocycles. The fraction of sp³-hybridized carbons (Fsp3) is 0.345. The standard InChI is InChI=1S/C29H28ClN5O9/c1-12-6-15(36)22(26(38)29(12)27(39)23-18(40-2)9-19(41-3)24(30)25(23)44-29)14(13-4-5-16-17(7-13)43-11-42-16)8-21(37)32-10-20-33-28(31)35-34-20/h4-5,7,9,12,14,38H,6,8,10-11H2,1-3H3,(H,32,37)(H3,31,33,34,35)/t12-,14?,29+/m1/s1. The van der Waals surface area contributed by atoms with Gasteiger partial charge in [-0.3, -0.25) is 19.5 Å². The largest absolute Gasteiger partial charge is 0.507 e. The van der Waals surface area contributed by atoms with Crippen molar-refractivity contribution in [2.75, 3.05) is 26.7 Å². The van der Waals surface area contributed by atoms with Gasteiger partial charge in [-0.25, -0.2) is 0 Å². The van der Waals surface area contributed by atoms with E-state index in [4.69, 9.17) is 41.0 Å². The van der Waals surface area contributed by atoms with Crippen LogP contribution in [0.2, 0.25) is 5.02 Å². The molecule has 1 unspecified atom stereocenters. The summed E-state index contributed by atoms with van der Waals surface area (Å²) in [5, 5.41) is 21.1. The number of ketones is 2. The van der Waals surface area contributed by atoms with Crippen LogP contribution in [-0.2, 0) is 16.1 Å². The minimum absolute atomic E-state index is 0.00438. The molecule has 2 aliphatic heterocycles. The molecule has 230 valence electrons. The number of methoxy groups -OCH3 is 2. The summed E-state index contributed by atoms with van der Waals surface area (Å²) in [4.78, 5) is 45.2. The monoisotopic (exact) mass is 625 g/mol. The van der Waals surface area contributed by atoms with Gasteiger partial charge < -0.3 is 39.8 Å². The summed E-state index contributed by atoms with van der Waals surface area (Å²) in [6.45, 7) is 1.61. The van der Waals surface area contributed by atoms with E-state index in [1.807, 2.05) is 0 Å². The van der Waals surface area contributed by atoms with E-state index >= 15 is 0 Å². The van der Waals surface area contributed by atoms with Crippen LogP contribution in [0.15, 0.2) is 35.6 Å². The number of allylic oxidation sites excluding steroid dienone is 1. The summed E-state index contributed by atoms with van der Waals surface area (Å²) in [6.07, 6.45) is -0.464. The molecule has 0 saturated heterocycles. The van der Waals surface area contributed by atoms with Gasteiger partial charge in [0.25, 0.3) is 0 Å². The Balaban J connectivity index is 1.45. The predicted octanol–water partition coefficient (Wildman–Crippen LogP) is 3.01. The second-order valence-electron chi connectivity index (χ2n) is 10.5. The number of nitrogens with one attached hydrogen (secondary N) is 2. The van der Waals surface area contributed by atoms with E-state index in [2.05, 4.69) is 20.5 Å². The van der Waals surface area contributed by atoms with E-state index in [0.717, 1.165) is 0 Å². The zero-order chi connectivity index (χ0) is 31.3. The third-order valence-electron chi connectivity index (χ3n) is 8.05. The lowest BCUT2D eigenvalue weighted by molar-refractivity contribution is -0.122. The number of Topliss-reactive ketones (excluding diaryl/α,β-unsaturated/α-hetero) is 2. The van der Waals surface area contributed by atoms with E-state index < -0.39 is 40.7 Å². The topological polar surface area (TPSA) is 197 Å². The van der Waals surface area contributed by atoms with Gasteiger partial charge in [-0.2, -0.15) is 4.98 Å². The average Bonchev–Trinajstić information content (AvgIpc) is 3.73. The van der Waals surface area contributed by atoms with Crippen molar-refractivity contribution in [1.82, 2.24) is 20.5 Å². The van der Waals surface area contributed by atoms with E-state index in [1.54, 1.807) is 25.1 Å². The Labute approximate surface area is 255 Å².